The molecule has 0 aromatic heterocycles. The second-order valence-corrected chi connectivity index (χ2v) is 6.44. The molecule has 0 bridgehead atoms. The molecule has 2 rings (SSSR count). The van der Waals surface area contributed by atoms with Gasteiger partial charge in [0, 0.05) is 25.6 Å². The SMILES string of the molecule is N#Cc1ccc(S(=O)(=O)N2CC(CO)C2)c(Cl)c1. The van der Waals surface area contributed by atoms with Gasteiger partial charge in [0.25, 0.3) is 0 Å². The van der Waals surface area contributed by atoms with Crippen molar-refractivity contribution in [1.82, 2.24) is 4.31 Å². The summed E-state index contributed by atoms with van der Waals surface area (Å²) in [4.78, 5) is -0.000411. The monoisotopic (exact) mass is 286 g/mol. The molecule has 1 N–H and O–H groups in total. The summed E-state index contributed by atoms with van der Waals surface area (Å²) in [6.45, 7) is 0.581. The number of sulfonamides is 1. The fraction of sp³-hybridized carbons (Fsp3) is 0.364. The number of aliphatic hydroxyl groups excluding tert-OH is 1. The summed E-state index contributed by atoms with van der Waals surface area (Å²) < 4.78 is 25.6. The number of rotatable bonds is 3. The average molecular weight is 287 g/mol. The van der Waals surface area contributed by atoms with Crippen LogP contribution in [0.1, 0.15) is 5.56 Å². The fourth-order valence-electron chi connectivity index (χ4n) is 1.75. The first-order valence-electron chi connectivity index (χ1n) is 5.29. The Hall–Kier alpha value is -1.13. The average Bonchev–Trinajstić information content (AvgIpc) is 2.26. The zero-order valence-corrected chi connectivity index (χ0v) is 10.9. The van der Waals surface area contributed by atoms with E-state index in [0.717, 1.165) is 0 Å². The van der Waals surface area contributed by atoms with Crippen molar-refractivity contribution in [1.29, 1.82) is 5.26 Å². The summed E-state index contributed by atoms with van der Waals surface area (Å²) in [7, 11) is -3.62. The van der Waals surface area contributed by atoms with Gasteiger partial charge in [-0.3, -0.25) is 0 Å². The molecule has 0 amide bonds. The van der Waals surface area contributed by atoms with Gasteiger partial charge in [-0.05, 0) is 18.2 Å². The second kappa shape index (κ2) is 4.86. The predicted molar refractivity (Wildman–Crippen MR) is 65.5 cm³/mol. The van der Waals surface area contributed by atoms with Crippen molar-refractivity contribution in [3.05, 3.63) is 28.8 Å². The van der Waals surface area contributed by atoms with E-state index in [9.17, 15) is 8.42 Å². The highest BCUT2D eigenvalue weighted by atomic mass is 35.5. The minimum Gasteiger partial charge on any atom is -0.396 e. The molecule has 5 nitrogen and oxygen atoms in total. The molecule has 1 fully saturated rings. The van der Waals surface area contributed by atoms with Crippen molar-refractivity contribution < 1.29 is 13.5 Å². The van der Waals surface area contributed by atoms with Gasteiger partial charge >= 0.3 is 0 Å². The van der Waals surface area contributed by atoms with Crippen LogP contribution in [0.2, 0.25) is 5.02 Å². The molecule has 0 unspecified atom stereocenters. The highest BCUT2D eigenvalue weighted by Crippen LogP contribution is 2.29. The smallest absolute Gasteiger partial charge is 0.244 e. The van der Waals surface area contributed by atoms with Crippen LogP contribution in [-0.4, -0.2) is 37.5 Å². The van der Waals surface area contributed by atoms with E-state index in [1.807, 2.05) is 6.07 Å². The van der Waals surface area contributed by atoms with Gasteiger partial charge in [0.2, 0.25) is 10.0 Å². The van der Waals surface area contributed by atoms with E-state index in [0.29, 0.717) is 18.7 Å². The van der Waals surface area contributed by atoms with Gasteiger partial charge in [0.05, 0.1) is 16.7 Å². The molecule has 0 aliphatic carbocycles. The zero-order valence-electron chi connectivity index (χ0n) is 9.38. The summed E-state index contributed by atoms with van der Waals surface area (Å²) in [6.07, 6.45) is 0. The van der Waals surface area contributed by atoms with Crippen LogP contribution in [0.25, 0.3) is 0 Å². The molecule has 0 saturated carbocycles. The van der Waals surface area contributed by atoms with Crippen molar-refractivity contribution in [2.24, 2.45) is 5.92 Å². The fourth-order valence-corrected chi connectivity index (χ4v) is 3.86. The van der Waals surface area contributed by atoms with Crippen LogP contribution in [0.4, 0.5) is 0 Å². The first-order chi connectivity index (χ1) is 8.48. The van der Waals surface area contributed by atoms with Crippen molar-refractivity contribution in [2.45, 2.75) is 4.90 Å². The molecule has 0 radical (unpaired) electrons. The standard InChI is InChI=1S/C11H11ClN2O3S/c12-10-3-8(4-13)1-2-11(10)18(16,17)14-5-9(6-14)7-15/h1-3,9,15H,5-7H2. The third-order valence-corrected chi connectivity index (χ3v) is 5.18. The second-order valence-electron chi connectivity index (χ2n) is 4.13. The van der Waals surface area contributed by atoms with Gasteiger partial charge in [-0.1, -0.05) is 11.6 Å². The van der Waals surface area contributed by atoms with Crippen LogP contribution in [-0.2, 0) is 10.0 Å². The molecule has 1 aliphatic heterocycles. The van der Waals surface area contributed by atoms with Crippen molar-refractivity contribution in [3.8, 4) is 6.07 Å². The number of benzene rings is 1. The van der Waals surface area contributed by atoms with Crippen LogP contribution in [0.5, 0.6) is 0 Å². The van der Waals surface area contributed by atoms with Gasteiger partial charge in [0.1, 0.15) is 4.90 Å². The highest BCUT2D eigenvalue weighted by molar-refractivity contribution is 7.89. The lowest BCUT2D eigenvalue weighted by molar-refractivity contribution is 0.117. The van der Waals surface area contributed by atoms with Gasteiger partial charge in [-0.2, -0.15) is 9.57 Å². The van der Waals surface area contributed by atoms with E-state index in [1.165, 1.54) is 22.5 Å². The largest absolute Gasteiger partial charge is 0.396 e. The van der Waals surface area contributed by atoms with Crippen LogP contribution in [0.15, 0.2) is 23.1 Å². The first-order valence-corrected chi connectivity index (χ1v) is 7.11. The maximum Gasteiger partial charge on any atom is 0.244 e. The third kappa shape index (κ3) is 2.22. The molecule has 1 heterocycles. The summed E-state index contributed by atoms with van der Waals surface area (Å²) >= 11 is 5.88. The van der Waals surface area contributed by atoms with E-state index in [2.05, 4.69) is 0 Å². The number of hydrogen-bond donors (Lipinski definition) is 1. The molecule has 96 valence electrons. The van der Waals surface area contributed by atoms with Crippen LogP contribution in [0.3, 0.4) is 0 Å². The zero-order chi connectivity index (χ0) is 13.3. The minimum atomic E-state index is -3.62. The highest BCUT2D eigenvalue weighted by Gasteiger charge is 2.37. The molecule has 7 heteroatoms. The Balaban J connectivity index is 2.29. The van der Waals surface area contributed by atoms with Gasteiger partial charge in [0.15, 0.2) is 0 Å². The number of hydrogen-bond acceptors (Lipinski definition) is 4. The molecular weight excluding hydrogens is 276 g/mol. The van der Waals surface area contributed by atoms with Crippen molar-refractivity contribution in [3.63, 3.8) is 0 Å². The Morgan fingerprint density at radius 1 is 1.50 bits per heavy atom. The molecule has 18 heavy (non-hydrogen) atoms. The third-order valence-electron chi connectivity index (χ3n) is 2.86. The Kier molecular flexibility index (Phi) is 3.59. The quantitative estimate of drug-likeness (QED) is 0.892. The lowest BCUT2D eigenvalue weighted by Gasteiger charge is -2.37. The summed E-state index contributed by atoms with van der Waals surface area (Å²) in [5.74, 6) is -0.00284. The first kappa shape index (κ1) is 13.3. The normalized spacial score (nSPS) is 17.2. The number of nitrogens with zero attached hydrogens (tertiary/aromatic N) is 2. The van der Waals surface area contributed by atoms with E-state index in [4.69, 9.17) is 22.0 Å². The van der Waals surface area contributed by atoms with Crippen LogP contribution < -0.4 is 0 Å². The van der Waals surface area contributed by atoms with Crippen LogP contribution >= 0.6 is 11.6 Å². The number of nitriles is 1. The maximum absolute atomic E-state index is 12.2. The van der Waals surface area contributed by atoms with E-state index < -0.39 is 10.0 Å². The number of aliphatic hydroxyl groups is 1. The van der Waals surface area contributed by atoms with Crippen molar-refractivity contribution >= 4 is 21.6 Å². The van der Waals surface area contributed by atoms with Gasteiger partial charge in [-0.15, -0.1) is 0 Å². The lowest BCUT2D eigenvalue weighted by Crippen LogP contribution is -2.51. The summed E-state index contributed by atoms with van der Waals surface area (Å²) in [6, 6.07) is 5.98. The topological polar surface area (TPSA) is 81.4 Å². The molecular formula is C11H11ClN2O3S. The van der Waals surface area contributed by atoms with Gasteiger partial charge < -0.3 is 5.11 Å². The van der Waals surface area contributed by atoms with Crippen LogP contribution in [0, 0.1) is 17.2 Å². The van der Waals surface area contributed by atoms with Crippen molar-refractivity contribution in [2.75, 3.05) is 19.7 Å². The maximum atomic E-state index is 12.2. The van der Waals surface area contributed by atoms with E-state index in [1.54, 1.807) is 0 Å². The Morgan fingerprint density at radius 2 is 2.17 bits per heavy atom. The Morgan fingerprint density at radius 3 is 2.67 bits per heavy atom. The minimum absolute atomic E-state index is 0.000411. The van der Waals surface area contributed by atoms with Gasteiger partial charge in [-0.25, -0.2) is 8.42 Å². The predicted octanol–water partition coefficient (Wildman–Crippen LogP) is 0.824. The molecule has 1 aromatic carbocycles. The van der Waals surface area contributed by atoms with E-state index >= 15 is 0 Å². The molecule has 1 aliphatic rings. The molecule has 1 saturated heterocycles. The van der Waals surface area contributed by atoms with E-state index in [-0.39, 0.29) is 22.4 Å². The summed E-state index contributed by atoms with van der Waals surface area (Å²) in [5, 5.41) is 17.6. The molecule has 0 atom stereocenters. The Labute approximate surface area is 110 Å². The lowest BCUT2D eigenvalue weighted by atomic mass is 10.1. The molecule has 1 aromatic rings. The number of halogens is 1. The Bertz CT molecular complexity index is 603. The molecule has 0 spiro atoms. The summed E-state index contributed by atoms with van der Waals surface area (Å²) in [5.41, 5.74) is 0.316.